The van der Waals surface area contributed by atoms with E-state index in [1.807, 2.05) is 24.3 Å². The van der Waals surface area contributed by atoms with Gasteiger partial charge in [0, 0.05) is 35.6 Å². The van der Waals surface area contributed by atoms with Crippen LogP contribution in [0.2, 0.25) is 5.02 Å². The fourth-order valence-corrected chi connectivity index (χ4v) is 2.94. The largest absolute Gasteiger partial charge is 0.328 e. The minimum atomic E-state index is -0.697. The number of nitrogens with one attached hydrogen (secondary N) is 1. The van der Waals surface area contributed by atoms with E-state index < -0.39 is 6.04 Å². The molecule has 3 N–H and O–H groups in total. The Morgan fingerprint density at radius 2 is 1.92 bits per heavy atom. The predicted octanol–water partition coefficient (Wildman–Crippen LogP) is 2.77. The Morgan fingerprint density at radius 3 is 2.65 bits per heavy atom. The van der Waals surface area contributed by atoms with Crippen LogP contribution in [0.1, 0.15) is 11.1 Å². The Kier molecular flexibility index (Phi) is 5.61. The summed E-state index contributed by atoms with van der Waals surface area (Å²) in [4.78, 5) is 31.2. The highest BCUT2D eigenvalue weighted by Crippen LogP contribution is 2.17. The zero-order valence-corrected chi connectivity index (χ0v) is 14.7. The molecule has 26 heavy (non-hydrogen) atoms. The molecule has 6 heteroatoms. The number of benzene rings is 1. The van der Waals surface area contributed by atoms with E-state index in [1.165, 1.54) is 0 Å². The third-order valence-electron chi connectivity index (χ3n) is 4.12. The van der Waals surface area contributed by atoms with Crippen LogP contribution >= 0.6 is 11.6 Å². The minimum Gasteiger partial charge on any atom is -0.328 e. The van der Waals surface area contributed by atoms with Gasteiger partial charge in [0.2, 0.25) is 0 Å². The van der Waals surface area contributed by atoms with Crippen molar-refractivity contribution in [3.63, 3.8) is 0 Å². The Hall–Kier alpha value is -2.76. The van der Waals surface area contributed by atoms with Crippen molar-refractivity contribution < 1.29 is 4.79 Å². The van der Waals surface area contributed by atoms with Gasteiger partial charge >= 0.3 is 0 Å². The van der Waals surface area contributed by atoms with Gasteiger partial charge in [-0.25, -0.2) is 0 Å². The highest BCUT2D eigenvalue weighted by molar-refractivity contribution is 6.30. The maximum absolute atomic E-state index is 12.5. The van der Waals surface area contributed by atoms with Crippen LogP contribution in [0.25, 0.3) is 11.1 Å². The molecule has 0 spiro atoms. The molecular formula is C20H18ClN3O2. The number of aromatic nitrogens is 2. The molecule has 0 bridgehead atoms. The predicted molar refractivity (Wildman–Crippen MR) is 102 cm³/mol. The van der Waals surface area contributed by atoms with Gasteiger partial charge in [-0.3, -0.25) is 14.6 Å². The van der Waals surface area contributed by atoms with Gasteiger partial charge in [0.25, 0.3) is 5.56 Å². The van der Waals surface area contributed by atoms with Gasteiger partial charge in [-0.2, -0.15) is 0 Å². The Morgan fingerprint density at radius 1 is 1.15 bits per heavy atom. The molecule has 1 aromatic carbocycles. The lowest BCUT2D eigenvalue weighted by atomic mass is 9.98. The maximum Gasteiger partial charge on any atom is 0.251 e. The summed E-state index contributed by atoms with van der Waals surface area (Å²) in [6, 6.07) is 11.9. The van der Waals surface area contributed by atoms with Crippen molar-refractivity contribution in [2.75, 3.05) is 0 Å². The van der Waals surface area contributed by atoms with Crippen LogP contribution in [0.5, 0.6) is 0 Å². The van der Waals surface area contributed by atoms with Crippen molar-refractivity contribution in [2.24, 2.45) is 5.73 Å². The number of aromatic amines is 1. The third-order valence-corrected chi connectivity index (χ3v) is 4.35. The summed E-state index contributed by atoms with van der Waals surface area (Å²) in [5.41, 5.74) is 8.76. The van der Waals surface area contributed by atoms with E-state index in [9.17, 15) is 9.59 Å². The van der Waals surface area contributed by atoms with Crippen LogP contribution in [-0.4, -0.2) is 21.8 Å². The molecule has 3 rings (SSSR count). The van der Waals surface area contributed by atoms with Gasteiger partial charge in [-0.1, -0.05) is 23.7 Å². The van der Waals surface area contributed by atoms with Crippen molar-refractivity contribution in [2.45, 2.75) is 18.9 Å². The number of nitrogens with two attached hydrogens (primary N) is 1. The number of hydrogen-bond donors (Lipinski definition) is 2. The molecule has 0 aliphatic rings. The first-order chi connectivity index (χ1) is 12.5. The summed E-state index contributed by atoms with van der Waals surface area (Å²) in [5, 5.41) is 0.601. The number of hydrogen-bond acceptors (Lipinski definition) is 4. The van der Waals surface area contributed by atoms with Gasteiger partial charge in [0.05, 0.1) is 6.04 Å². The average molecular weight is 368 g/mol. The van der Waals surface area contributed by atoms with Crippen LogP contribution in [0.4, 0.5) is 0 Å². The number of pyridine rings is 2. The van der Waals surface area contributed by atoms with Crippen LogP contribution in [0.3, 0.4) is 0 Å². The van der Waals surface area contributed by atoms with Gasteiger partial charge in [-0.05, 0) is 53.4 Å². The molecule has 0 fully saturated rings. The number of H-pyrrole nitrogens is 1. The number of carbonyl (C=O) groups is 1. The molecule has 0 amide bonds. The summed E-state index contributed by atoms with van der Waals surface area (Å²) < 4.78 is 0. The monoisotopic (exact) mass is 367 g/mol. The molecule has 2 aromatic heterocycles. The molecule has 3 aromatic rings. The number of ketones is 1. The van der Waals surface area contributed by atoms with E-state index in [4.69, 9.17) is 17.3 Å². The first-order valence-corrected chi connectivity index (χ1v) is 8.55. The van der Waals surface area contributed by atoms with Gasteiger partial charge < -0.3 is 10.7 Å². The quantitative estimate of drug-likeness (QED) is 0.701. The fraction of sp³-hybridized carbons (Fsp3) is 0.150. The van der Waals surface area contributed by atoms with Crippen LogP contribution in [0.15, 0.2) is 65.8 Å². The molecule has 0 saturated heterocycles. The summed E-state index contributed by atoms with van der Waals surface area (Å²) in [7, 11) is 0. The summed E-state index contributed by atoms with van der Waals surface area (Å²) in [5.74, 6) is -0.192. The molecular weight excluding hydrogens is 350 g/mol. The lowest BCUT2D eigenvalue weighted by Gasteiger charge is -2.11. The molecule has 132 valence electrons. The minimum absolute atomic E-state index is 0.0179. The molecule has 0 unspecified atom stereocenters. The summed E-state index contributed by atoms with van der Waals surface area (Å²) in [6.07, 6.45) is 5.33. The van der Waals surface area contributed by atoms with Crippen LogP contribution in [-0.2, 0) is 17.6 Å². The molecule has 2 heterocycles. The van der Waals surface area contributed by atoms with E-state index in [-0.39, 0.29) is 17.8 Å². The second-order valence-electron chi connectivity index (χ2n) is 6.06. The average Bonchev–Trinajstić information content (AvgIpc) is 2.64. The molecule has 0 aliphatic carbocycles. The van der Waals surface area contributed by atoms with E-state index in [0.29, 0.717) is 17.0 Å². The van der Waals surface area contributed by atoms with Crippen LogP contribution < -0.4 is 11.3 Å². The van der Waals surface area contributed by atoms with Gasteiger partial charge in [0.1, 0.15) is 0 Å². The highest BCUT2D eigenvalue weighted by atomic mass is 35.5. The van der Waals surface area contributed by atoms with E-state index in [1.54, 1.807) is 36.8 Å². The lowest BCUT2D eigenvalue weighted by molar-refractivity contribution is -0.119. The number of carbonyl (C=O) groups excluding carboxylic acids is 1. The standard InChI is InChI=1S/C20H18ClN3O2/c21-17-3-1-2-13(8-17)9-18(22)19(25)11-15-10-16(12-24-20(15)26)14-4-6-23-7-5-14/h1-8,10,12,18H,9,11,22H2,(H,24,26)/t18-/m0/s1. The second-order valence-corrected chi connectivity index (χ2v) is 6.50. The topological polar surface area (TPSA) is 88.8 Å². The van der Waals surface area contributed by atoms with Gasteiger partial charge in [-0.15, -0.1) is 0 Å². The van der Waals surface area contributed by atoms with Crippen molar-refractivity contribution in [3.8, 4) is 11.1 Å². The zero-order chi connectivity index (χ0) is 18.5. The summed E-state index contributed by atoms with van der Waals surface area (Å²) in [6.45, 7) is 0. The third kappa shape index (κ3) is 4.45. The molecule has 5 nitrogen and oxygen atoms in total. The Balaban J connectivity index is 1.75. The number of Topliss-reactive ketones (excluding diaryl/α,β-unsaturated/α-hetero) is 1. The van der Waals surface area contributed by atoms with Crippen LogP contribution in [0, 0.1) is 0 Å². The van der Waals surface area contributed by atoms with Crippen molar-refractivity contribution in [3.05, 3.63) is 87.6 Å². The lowest BCUT2D eigenvalue weighted by Crippen LogP contribution is -2.35. The molecule has 0 aliphatic heterocycles. The first-order valence-electron chi connectivity index (χ1n) is 8.17. The molecule has 1 atom stereocenters. The van der Waals surface area contributed by atoms with Crippen molar-refractivity contribution in [1.82, 2.24) is 9.97 Å². The number of rotatable bonds is 6. The molecule has 0 saturated carbocycles. The summed E-state index contributed by atoms with van der Waals surface area (Å²) >= 11 is 5.96. The van der Waals surface area contributed by atoms with Crippen molar-refractivity contribution >= 4 is 17.4 Å². The highest BCUT2D eigenvalue weighted by Gasteiger charge is 2.17. The Labute approximate surface area is 155 Å². The molecule has 0 radical (unpaired) electrons. The van der Waals surface area contributed by atoms with Gasteiger partial charge in [0.15, 0.2) is 5.78 Å². The SMILES string of the molecule is N[C@@H](Cc1cccc(Cl)c1)C(=O)Cc1cc(-c2ccncc2)c[nH]c1=O. The maximum atomic E-state index is 12.5. The number of nitrogens with zero attached hydrogens (tertiary/aromatic N) is 1. The Bertz CT molecular complexity index is 970. The second kappa shape index (κ2) is 8.08. The van der Waals surface area contributed by atoms with E-state index >= 15 is 0 Å². The first kappa shape index (κ1) is 18.0. The fourth-order valence-electron chi connectivity index (χ4n) is 2.72. The number of halogens is 1. The zero-order valence-electron chi connectivity index (χ0n) is 14.0. The van der Waals surface area contributed by atoms with E-state index in [2.05, 4.69) is 9.97 Å². The van der Waals surface area contributed by atoms with E-state index in [0.717, 1.165) is 16.7 Å². The smallest absolute Gasteiger partial charge is 0.251 e. The normalized spacial score (nSPS) is 11.9. The van der Waals surface area contributed by atoms with Crippen molar-refractivity contribution in [1.29, 1.82) is 0 Å².